The van der Waals surface area contributed by atoms with E-state index in [-0.39, 0.29) is 10.8 Å². The smallest absolute Gasteiger partial charge is 0.0540 e. The molecule has 2 aliphatic rings. The van der Waals surface area contributed by atoms with Crippen molar-refractivity contribution < 1.29 is 0 Å². The third kappa shape index (κ3) is 10.4. The molecule has 476 valence electrons. The molecular formula is C96H70N2S2. The topological polar surface area (TPSA) is 6.48 Å². The highest BCUT2D eigenvalue weighted by Gasteiger charge is 2.37. The molecule has 0 saturated carbocycles. The molecule has 0 atom stereocenters. The maximum absolute atomic E-state index is 2.47. The van der Waals surface area contributed by atoms with Gasteiger partial charge >= 0.3 is 0 Å². The van der Waals surface area contributed by atoms with Gasteiger partial charge in [0.05, 0.1) is 5.69 Å². The van der Waals surface area contributed by atoms with E-state index in [2.05, 4.69) is 389 Å². The van der Waals surface area contributed by atoms with Gasteiger partial charge in [-0.05, 0) is 174 Å². The summed E-state index contributed by atoms with van der Waals surface area (Å²) in [6.45, 7) is 9.47. The first-order valence-corrected chi connectivity index (χ1v) is 36.2. The Morgan fingerprint density at radius 3 is 1.03 bits per heavy atom. The molecule has 2 aromatic heterocycles. The van der Waals surface area contributed by atoms with Crippen molar-refractivity contribution >= 4 is 97.1 Å². The van der Waals surface area contributed by atoms with E-state index < -0.39 is 0 Å². The Morgan fingerprint density at radius 2 is 0.550 bits per heavy atom. The number of nitrogens with zero attached hydrogens (tertiary/aromatic N) is 2. The van der Waals surface area contributed by atoms with Gasteiger partial charge < -0.3 is 9.80 Å². The normalized spacial score (nSPS) is 13.0. The van der Waals surface area contributed by atoms with Crippen LogP contribution in [-0.4, -0.2) is 0 Å². The summed E-state index contributed by atoms with van der Waals surface area (Å²) in [6.07, 6.45) is 0. The van der Waals surface area contributed by atoms with Crippen molar-refractivity contribution in [2.45, 2.75) is 38.5 Å². The summed E-state index contributed by atoms with van der Waals surface area (Å²) in [5, 5.41) is 5.17. The van der Waals surface area contributed by atoms with Crippen molar-refractivity contribution in [3.8, 4) is 77.9 Å². The maximum atomic E-state index is 2.47. The van der Waals surface area contributed by atoms with E-state index in [4.69, 9.17) is 0 Å². The number of anilines is 6. The number of benzene rings is 15. The summed E-state index contributed by atoms with van der Waals surface area (Å²) in [7, 11) is 0. The van der Waals surface area contributed by atoms with E-state index in [9.17, 15) is 0 Å². The van der Waals surface area contributed by atoms with Gasteiger partial charge in [0.15, 0.2) is 0 Å². The third-order valence-corrected chi connectivity index (χ3v) is 23.4. The molecule has 100 heavy (non-hydrogen) atoms. The van der Waals surface area contributed by atoms with Crippen LogP contribution in [0.3, 0.4) is 0 Å². The predicted octanol–water partition coefficient (Wildman–Crippen LogP) is 28.0. The van der Waals surface area contributed by atoms with Gasteiger partial charge in [-0.1, -0.05) is 289 Å². The fourth-order valence-electron chi connectivity index (χ4n) is 15.9. The fourth-order valence-corrected chi connectivity index (χ4v) is 18.3. The van der Waals surface area contributed by atoms with Gasteiger partial charge in [-0.2, -0.15) is 0 Å². The lowest BCUT2D eigenvalue weighted by Gasteiger charge is -2.29. The van der Waals surface area contributed by atoms with Gasteiger partial charge in [0, 0.05) is 96.3 Å². The van der Waals surface area contributed by atoms with Crippen LogP contribution in [0.5, 0.6) is 0 Å². The lowest BCUT2D eigenvalue weighted by Crippen LogP contribution is -2.15. The van der Waals surface area contributed by atoms with Crippen LogP contribution in [0.1, 0.15) is 49.9 Å². The fraction of sp³-hybridized carbons (Fsp3) is 0.0625. The van der Waals surface area contributed by atoms with Gasteiger partial charge in [-0.3, -0.25) is 0 Å². The standard InChI is InChI=1S/C51H37NS.C45H33NS/c1-51(2)46-22-12-9-20-41(46)42-30-27-37(31-47(42)51)44-32-39(33-45-43-21-11-14-24-49(43)53-50(44)45)52(38-28-25-35(26-29-38)34-15-5-3-6-16-34)48-23-13-10-19-40(48)36-17-7-4-8-18-36;1-45(2)41-19-11-9-17-36(41)37-26-23-32(27-42(37)45)39-28-35(29-40-38-18-10-12-20-43(38)47-44(39)40)46(33-15-7-4-8-16-33)34-24-21-31(22-25-34)30-13-5-3-6-14-30/h3-33H,1-2H3;3-29H,1-2H3. The molecule has 0 unspecified atom stereocenters. The van der Waals surface area contributed by atoms with E-state index in [0.29, 0.717) is 0 Å². The van der Waals surface area contributed by atoms with Crippen LogP contribution in [0.2, 0.25) is 0 Å². The van der Waals surface area contributed by atoms with Gasteiger partial charge in [-0.25, -0.2) is 0 Å². The average molecular weight is 1320 g/mol. The maximum Gasteiger partial charge on any atom is 0.0540 e. The molecule has 0 radical (unpaired) electrons. The highest BCUT2D eigenvalue weighted by atomic mass is 32.1. The van der Waals surface area contributed by atoms with E-state index in [1.54, 1.807) is 0 Å². The summed E-state index contributed by atoms with van der Waals surface area (Å²) in [6, 6.07) is 129. The molecule has 0 aliphatic heterocycles. The van der Waals surface area contributed by atoms with Crippen LogP contribution in [0, 0.1) is 0 Å². The molecule has 19 rings (SSSR count). The molecule has 2 aliphatic carbocycles. The molecule has 0 spiro atoms. The Morgan fingerprint density at radius 1 is 0.210 bits per heavy atom. The lowest BCUT2D eigenvalue weighted by atomic mass is 9.81. The molecule has 2 nitrogen and oxygen atoms in total. The van der Waals surface area contributed by atoms with Crippen molar-refractivity contribution in [3.63, 3.8) is 0 Å². The van der Waals surface area contributed by atoms with Crippen LogP contribution >= 0.6 is 22.7 Å². The second-order valence-electron chi connectivity index (χ2n) is 27.5. The molecule has 0 bridgehead atoms. The van der Waals surface area contributed by atoms with Crippen molar-refractivity contribution in [2.75, 3.05) is 9.80 Å². The van der Waals surface area contributed by atoms with E-state index in [0.717, 1.165) is 34.1 Å². The molecular weight excluding hydrogens is 1250 g/mol. The Kier molecular flexibility index (Phi) is 15.0. The third-order valence-electron chi connectivity index (χ3n) is 20.9. The van der Waals surface area contributed by atoms with Crippen molar-refractivity contribution in [2.24, 2.45) is 0 Å². The largest absolute Gasteiger partial charge is 0.310 e. The van der Waals surface area contributed by atoms with Gasteiger partial charge in [0.1, 0.15) is 0 Å². The van der Waals surface area contributed by atoms with Gasteiger partial charge in [-0.15, -0.1) is 22.7 Å². The molecule has 0 amide bonds. The van der Waals surface area contributed by atoms with Crippen molar-refractivity contribution in [3.05, 3.63) is 374 Å². The summed E-state index contributed by atoms with van der Waals surface area (Å²) < 4.78 is 5.26. The predicted molar refractivity (Wildman–Crippen MR) is 430 cm³/mol. The molecule has 0 fully saturated rings. The number of hydrogen-bond acceptors (Lipinski definition) is 4. The minimum absolute atomic E-state index is 0.0601. The molecule has 15 aromatic carbocycles. The quantitative estimate of drug-likeness (QED) is 0.127. The van der Waals surface area contributed by atoms with Crippen molar-refractivity contribution in [1.29, 1.82) is 0 Å². The molecule has 0 saturated heterocycles. The van der Waals surface area contributed by atoms with Crippen LogP contribution < -0.4 is 9.80 Å². The van der Waals surface area contributed by atoms with Gasteiger partial charge in [0.2, 0.25) is 0 Å². The zero-order valence-corrected chi connectivity index (χ0v) is 57.8. The van der Waals surface area contributed by atoms with Crippen LogP contribution in [-0.2, 0) is 10.8 Å². The molecule has 0 N–H and O–H groups in total. The lowest BCUT2D eigenvalue weighted by molar-refractivity contribution is 0.660. The SMILES string of the molecule is CC1(C)c2ccccc2-c2ccc(-c3cc(N(c4ccc(-c5ccccc5)cc4)c4ccccc4-c4ccccc4)cc4c3sc3ccccc34)cc21.CC1(C)c2ccccc2-c2ccc(-c3cc(N(c4ccccc4)c4ccc(-c5ccccc5)cc4)cc4c3sc3ccccc34)cc21. The Bertz CT molecular complexity index is 5950. The van der Waals surface area contributed by atoms with E-state index in [1.165, 1.54) is 140 Å². The second-order valence-corrected chi connectivity index (χ2v) is 29.6. The zero-order valence-electron chi connectivity index (χ0n) is 56.2. The van der Waals surface area contributed by atoms with Crippen LogP contribution in [0.4, 0.5) is 34.1 Å². The highest BCUT2D eigenvalue weighted by Crippen LogP contribution is 2.55. The van der Waals surface area contributed by atoms with Crippen molar-refractivity contribution in [1.82, 2.24) is 0 Å². The molecule has 2 heterocycles. The number of rotatable bonds is 11. The van der Waals surface area contributed by atoms with Gasteiger partial charge in [0.25, 0.3) is 0 Å². The molecule has 17 aromatic rings. The first-order valence-electron chi connectivity index (χ1n) is 34.6. The van der Waals surface area contributed by atoms with Crippen LogP contribution in [0.15, 0.2) is 352 Å². The number of thiophene rings is 2. The first-order chi connectivity index (χ1) is 49.1. The highest BCUT2D eigenvalue weighted by molar-refractivity contribution is 7.26. The first kappa shape index (κ1) is 60.7. The Balaban J connectivity index is 0.000000145. The number of fused-ring (bicyclic) bond motifs is 12. The Labute approximate surface area is 593 Å². The van der Waals surface area contributed by atoms with E-state index in [1.807, 2.05) is 22.7 Å². The second kappa shape index (κ2) is 24.7. The number of para-hydroxylation sites is 2. The van der Waals surface area contributed by atoms with E-state index >= 15 is 0 Å². The number of hydrogen-bond donors (Lipinski definition) is 0. The molecule has 4 heteroatoms. The summed E-state index contributed by atoms with van der Waals surface area (Å²) in [4.78, 5) is 4.86. The van der Waals surface area contributed by atoms with Crippen LogP contribution in [0.25, 0.3) is 118 Å². The minimum atomic E-state index is -0.0833. The zero-order chi connectivity index (χ0) is 67.1. The monoisotopic (exact) mass is 1310 g/mol. The average Bonchev–Trinajstić information content (AvgIpc) is 1.56. The Hall–Kier alpha value is -11.7. The summed E-state index contributed by atoms with van der Waals surface area (Å²) in [5.74, 6) is 0. The minimum Gasteiger partial charge on any atom is -0.310 e. The summed E-state index contributed by atoms with van der Waals surface area (Å²) >= 11 is 3.79. The summed E-state index contributed by atoms with van der Waals surface area (Å²) in [5.41, 5.74) is 29.9.